The Hall–Kier alpha value is -1.37. The maximum atomic E-state index is 13.7. The van der Waals surface area contributed by atoms with E-state index in [0.717, 1.165) is 0 Å². The maximum absolute atomic E-state index is 13.7. The summed E-state index contributed by atoms with van der Waals surface area (Å²) in [7, 11) is 0. The van der Waals surface area contributed by atoms with E-state index in [4.69, 9.17) is 21.4 Å². The number of aliphatic hydroxyl groups is 1. The van der Waals surface area contributed by atoms with E-state index in [9.17, 15) is 9.18 Å². The van der Waals surface area contributed by atoms with Crippen LogP contribution in [-0.2, 0) is 4.74 Å². The molecule has 1 atom stereocenters. The highest BCUT2D eigenvalue weighted by Gasteiger charge is 2.16. The molecule has 0 aliphatic carbocycles. The zero-order valence-corrected chi connectivity index (χ0v) is 12.6. The molecule has 0 aliphatic rings. The molecule has 0 saturated carbocycles. The van der Waals surface area contributed by atoms with Crippen molar-refractivity contribution >= 4 is 17.6 Å². The number of carbonyl (C=O) groups excluding carboxylic acids is 1. The lowest BCUT2D eigenvalue weighted by molar-refractivity contribution is 0.0909. The molecule has 21 heavy (non-hydrogen) atoms. The van der Waals surface area contributed by atoms with Gasteiger partial charge in [-0.2, -0.15) is 0 Å². The highest BCUT2D eigenvalue weighted by molar-refractivity contribution is 6.31. The third kappa shape index (κ3) is 6.29. The van der Waals surface area contributed by atoms with Crippen molar-refractivity contribution in [3.63, 3.8) is 0 Å². The average Bonchev–Trinajstić information content (AvgIpc) is 2.42. The van der Waals surface area contributed by atoms with E-state index in [2.05, 4.69) is 10.6 Å². The van der Waals surface area contributed by atoms with Gasteiger partial charge in [0.15, 0.2) is 0 Å². The molecule has 0 aromatic heterocycles. The number of carbonyl (C=O) groups is 1. The van der Waals surface area contributed by atoms with Gasteiger partial charge >= 0.3 is 6.03 Å². The van der Waals surface area contributed by atoms with E-state index < -0.39 is 17.9 Å². The number of ether oxygens (including phenoxy) is 1. The van der Waals surface area contributed by atoms with E-state index in [1.54, 1.807) is 13.0 Å². The quantitative estimate of drug-likeness (QED) is 0.644. The smallest absolute Gasteiger partial charge is 0.315 e. The van der Waals surface area contributed by atoms with E-state index in [0.29, 0.717) is 19.6 Å². The summed E-state index contributed by atoms with van der Waals surface area (Å²) in [5.41, 5.74) is 0.264. The fourth-order valence-electron chi connectivity index (χ4n) is 1.79. The Bertz CT molecular complexity index is 440. The highest BCUT2D eigenvalue weighted by atomic mass is 35.5. The number of benzene rings is 1. The van der Waals surface area contributed by atoms with E-state index >= 15 is 0 Å². The van der Waals surface area contributed by atoms with Crippen LogP contribution in [0.5, 0.6) is 0 Å². The van der Waals surface area contributed by atoms with Gasteiger partial charge in [-0.3, -0.25) is 0 Å². The molecule has 0 heterocycles. The van der Waals surface area contributed by atoms with Crippen LogP contribution in [0.1, 0.15) is 24.9 Å². The van der Waals surface area contributed by atoms with Gasteiger partial charge in [-0.1, -0.05) is 17.7 Å². The van der Waals surface area contributed by atoms with Gasteiger partial charge in [0.25, 0.3) is 0 Å². The van der Waals surface area contributed by atoms with Crippen LogP contribution >= 0.6 is 11.6 Å². The van der Waals surface area contributed by atoms with Crippen molar-refractivity contribution in [3.8, 4) is 0 Å². The highest BCUT2D eigenvalue weighted by Crippen LogP contribution is 2.25. The second kappa shape index (κ2) is 9.55. The van der Waals surface area contributed by atoms with E-state index in [-0.39, 0.29) is 23.8 Å². The second-order valence-corrected chi connectivity index (χ2v) is 4.85. The summed E-state index contributed by atoms with van der Waals surface area (Å²) in [6.07, 6.45) is 0.627. The van der Waals surface area contributed by atoms with Gasteiger partial charge in [0.2, 0.25) is 0 Å². The minimum absolute atomic E-state index is 0.0190. The van der Waals surface area contributed by atoms with Crippen molar-refractivity contribution in [2.24, 2.45) is 0 Å². The number of hydrogen-bond acceptors (Lipinski definition) is 3. The van der Waals surface area contributed by atoms with Crippen LogP contribution in [0.15, 0.2) is 18.2 Å². The van der Waals surface area contributed by atoms with Crippen molar-refractivity contribution in [1.29, 1.82) is 0 Å². The van der Waals surface area contributed by atoms with Gasteiger partial charge in [0.05, 0.1) is 19.3 Å². The first kappa shape index (κ1) is 17.7. The molecule has 0 saturated heterocycles. The normalized spacial score (nSPS) is 12.0. The molecule has 1 aromatic carbocycles. The number of nitrogens with one attached hydrogen (secondary N) is 2. The average molecular weight is 319 g/mol. The largest absolute Gasteiger partial charge is 0.394 e. The molecule has 5 nitrogen and oxygen atoms in total. The lowest BCUT2D eigenvalue weighted by atomic mass is 10.1. The molecule has 0 bridgehead atoms. The Kier molecular flexibility index (Phi) is 8.04. The minimum atomic E-state index is -0.538. The van der Waals surface area contributed by atoms with Crippen LogP contribution in [0, 0.1) is 5.82 Å². The Morgan fingerprint density at radius 1 is 1.48 bits per heavy atom. The number of aliphatic hydroxyl groups excluding tert-OH is 1. The van der Waals surface area contributed by atoms with Crippen molar-refractivity contribution in [2.75, 3.05) is 26.4 Å². The molecular weight excluding hydrogens is 299 g/mol. The Balaban J connectivity index is 2.34. The predicted molar refractivity (Wildman–Crippen MR) is 78.9 cm³/mol. The van der Waals surface area contributed by atoms with Gasteiger partial charge in [-0.15, -0.1) is 0 Å². The van der Waals surface area contributed by atoms with Gasteiger partial charge < -0.3 is 20.5 Å². The van der Waals surface area contributed by atoms with Crippen molar-refractivity contribution in [2.45, 2.75) is 19.4 Å². The monoisotopic (exact) mass is 318 g/mol. The molecule has 2 amide bonds. The van der Waals surface area contributed by atoms with Gasteiger partial charge in [-0.25, -0.2) is 9.18 Å². The van der Waals surface area contributed by atoms with Crippen molar-refractivity contribution in [3.05, 3.63) is 34.6 Å². The van der Waals surface area contributed by atoms with Crippen molar-refractivity contribution in [1.82, 2.24) is 10.6 Å². The number of hydrogen-bond donors (Lipinski definition) is 3. The molecule has 1 unspecified atom stereocenters. The summed E-state index contributed by atoms with van der Waals surface area (Å²) in [6.45, 7) is 2.81. The maximum Gasteiger partial charge on any atom is 0.315 e. The third-order valence-electron chi connectivity index (χ3n) is 2.77. The number of urea groups is 1. The topological polar surface area (TPSA) is 70.6 Å². The van der Waals surface area contributed by atoms with Crippen LogP contribution < -0.4 is 10.6 Å². The molecule has 0 fully saturated rings. The van der Waals surface area contributed by atoms with Crippen LogP contribution in [0.2, 0.25) is 5.02 Å². The van der Waals surface area contributed by atoms with Gasteiger partial charge in [-0.05, 0) is 25.5 Å². The van der Waals surface area contributed by atoms with E-state index in [1.165, 1.54) is 12.1 Å². The first-order valence-electron chi connectivity index (χ1n) is 6.73. The predicted octanol–water partition coefficient (Wildman–Crippen LogP) is 2.24. The fraction of sp³-hybridized carbons (Fsp3) is 0.500. The minimum Gasteiger partial charge on any atom is -0.394 e. The van der Waals surface area contributed by atoms with Crippen LogP contribution in [0.25, 0.3) is 0 Å². The summed E-state index contributed by atoms with van der Waals surface area (Å²) in [4.78, 5) is 11.7. The Morgan fingerprint density at radius 2 is 2.24 bits per heavy atom. The number of amides is 2. The molecular formula is C14H20ClFN2O3. The first-order chi connectivity index (χ1) is 10.1. The molecule has 0 radical (unpaired) electrons. The summed E-state index contributed by atoms with van der Waals surface area (Å²) >= 11 is 5.93. The lowest BCUT2D eigenvalue weighted by Crippen LogP contribution is -2.38. The Morgan fingerprint density at radius 3 is 2.90 bits per heavy atom. The molecule has 1 aromatic rings. The Labute approximate surface area is 128 Å². The zero-order valence-electron chi connectivity index (χ0n) is 11.9. The zero-order chi connectivity index (χ0) is 15.7. The third-order valence-corrected chi connectivity index (χ3v) is 3.10. The molecule has 118 valence electrons. The van der Waals surface area contributed by atoms with Crippen LogP contribution in [-0.4, -0.2) is 37.5 Å². The van der Waals surface area contributed by atoms with Crippen LogP contribution in [0.4, 0.5) is 9.18 Å². The number of rotatable bonds is 8. The SMILES string of the molecule is CC(NC(=O)NCCCOCCO)c1c(F)cccc1Cl. The molecule has 3 N–H and O–H groups in total. The molecule has 0 aliphatic heterocycles. The summed E-state index contributed by atoms with van der Waals surface area (Å²) in [5.74, 6) is -0.451. The van der Waals surface area contributed by atoms with Crippen molar-refractivity contribution < 1.29 is 19.0 Å². The van der Waals surface area contributed by atoms with Crippen LogP contribution in [0.3, 0.4) is 0 Å². The van der Waals surface area contributed by atoms with Gasteiger partial charge in [0, 0.05) is 23.7 Å². The fourth-order valence-corrected chi connectivity index (χ4v) is 2.11. The van der Waals surface area contributed by atoms with Gasteiger partial charge in [0.1, 0.15) is 5.82 Å². The molecule has 0 spiro atoms. The van der Waals surface area contributed by atoms with E-state index in [1.807, 2.05) is 0 Å². The summed E-state index contributed by atoms with van der Waals surface area (Å²) < 4.78 is 18.7. The molecule has 7 heteroatoms. The number of halogens is 2. The molecule has 1 rings (SSSR count). The summed E-state index contributed by atoms with van der Waals surface area (Å²) in [5, 5.41) is 14.1. The lowest BCUT2D eigenvalue weighted by Gasteiger charge is -2.17. The first-order valence-corrected chi connectivity index (χ1v) is 7.11. The second-order valence-electron chi connectivity index (χ2n) is 4.45. The summed E-state index contributed by atoms with van der Waals surface area (Å²) in [6, 6.07) is 3.46. The standard InChI is InChI=1S/C14H20ClFN2O3/c1-10(13-11(15)4-2-5-12(13)16)18-14(20)17-6-3-8-21-9-7-19/h2,4-5,10,19H,3,6-9H2,1H3,(H2,17,18,20).